The summed E-state index contributed by atoms with van der Waals surface area (Å²) in [7, 11) is 0. The second-order valence-electron chi connectivity index (χ2n) is 4.58. The minimum absolute atomic E-state index is 0. The van der Waals surface area contributed by atoms with Crippen LogP contribution in [0, 0.1) is 0 Å². The Morgan fingerprint density at radius 2 is 0.955 bits per heavy atom. The predicted octanol–water partition coefficient (Wildman–Crippen LogP) is 1.51. The summed E-state index contributed by atoms with van der Waals surface area (Å²) in [6.45, 7) is 0. The molecule has 116 valence electrons. The van der Waals surface area contributed by atoms with Gasteiger partial charge in [0.1, 0.15) is 0 Å². The van der Waals surface area contributed by atoms with Gasteiger partial charge in [-0.3, -0.25) is 0 Å². The second kappa shape index (κ2) is 7.90. The molecule has 0 aromatic heterocycles. The van der Waals surface area contributed by atoms with Crippen molar-refractivity contribution >= 4 is 35.7 Å². The van der Waals surface area contributed by atoms with Gasteiger partial charge in [0, 0.05) is 0 Å². The molecule has 0 saturated heterocycles. The second-order valence-corrected chi connectivity index (χ2v) is 4.58. The van der Waals surface area contributed by atoms with Crippen molar-refractivity contribution in [3.8, 4) is 0 Å². The van der Waals surface area contributed by atoms with Crippen LogP contribution in [0.15, 0.2) is 58.5 Å². The number of aliphatic imine (C=N–C) groups is 2. The van der Waals surface area contributed by atoms with Crippen LogP contribution in [0.2, 0.25) is 0 Å². The lowest BCUT2D eigenvalue weighted by atomic mass is 10.0. The van der Waals surface area contributed by atoms with Gasteiger partial charge in [-0.1, -0.05) is 24.3 Å². The van der Waals surface area contributed by atoms with Gasteiger partial charge in [-0.05, 0) is 41.8 Å². The highest BCUT2D eigenvalue weighted by Crippen LogP contribution is 2.18. The van der Waals surface area contributed by atoms with Crippen molar-refractivity contribution in [2.75, 3.05) is 0 Å². The van der Waals surface area contributed by atoms with E-state index in [1.807, 2.05) is 48.5 Å². The zero-order chi connectivity index (χ0) is 15.2. The monoisotopic (exact) mass is 318 g/mol. The van der Waals surface area contributed by atoms with E-state index >= 15 is 0 Å². The van der Waals surface area contributed by atoms with Gasteiger partial charge in [0.15, 0.2) is 11.9 Å². The SMILES string of the molecule is Cl.NC(N)=Nc1ccc(Cc2ccc(N=C(N)N)cc2)cc1. The Labute approximate surface area is 135 Å². The van der Waals surface area contributed by atoms with Gasteiger partial charge < -0.3 is 22.9 Å². The lowest BCUT2D eigenvalue weighted by molar-refractivity contribution is 1.19. The molecule has 6 nitrogen and oxygen atoms in total. The van der Waals surface area contributed by atoms with Crippen LogP contribution in [0.1, 0.15) is 11.1 Å². The molecule has 2 rings (SSSR count). The number of rotatable bonds is 4. The number of halogens is 1. The number of benzene rings is 2. The Morgan fingerprint density at radius 1 is 0.636 bits per heavy atom. The summed E-state index contributed by atoms with van der Waals surface area (Å²) in [4.78, 5) is 7.96. The van der Waals surface area contributed by atoms with Gasteiger partial charge in [-0.15, -0.1) is 12.4 Å². The van der Waals surface area contributed by atoms with Gasteiger partial charge in [0.25, 0.3) is 0 Å². The van der Waals surface area contributed by atoms with Crippen molar-refractivity contribution in [3.63, 3.8) is 0 Å². The van der Waals surface area contributed by atoms with Gasteiger partial charge in [0.05, 0.1) is 11.4 Å². The molecule has 0 fully saturated rings. The molecule has 0 aliphatic rings. The smallest absolute Gasteiger partial charge is 0.191 e. The van der Waals surface area contributed by atoms with E-state index in [0.29, 0.717) is 0 Å². The first kappa shape index (κ1) is 17.3. The molecule has 22 heavy (non-hydrogen) atoms. The highest BCUT2D eigenvalue weighted by atomic mass is 35.5. The van der Waals surface area contributed by atoms with Crippen molar-refractivity contribution in [1.82, 2.24) is 0 Å². The molecule has 0 bridgehead atoms. The fourth-order valence-electron chi connectivity index (χ4n) is 1.91. The largest absolute Gasteiger partial charge is 0.370 e. The minimum Gasteiger partial charge on any atom is -0.370 e. The lowest BCUT2D eigenvalue weighted by Crippen LogP contribution is -2.21. The Bertz CT molecular complexity index is 594. The number of nitrogens with zero attached hydrogens (tertiary/aromatic N) is 2. The van der Waals surface area contributed by atoms with E-state index in [1.54, 1.807) is 0 Å². The predicted molar refractivity (Wildman–Crippen MR) is 93.9 cm³/mol. The third kappa shape index (κ3) is 5.34. The van der Waals surface area contributed by atoms with Gasteiger partial charge in [0.2, 0.25) is 0 Å². The van der Waals surface area contributed by atoms with E-state index in [1.165, 1.54) is 11.1 Å². The molecule has 0 radical (unpaired) electrons. The molecule has 8 N–H and O–H groups in total. The standard InChI is InChI=1S/C15H18N6.ClH/c16-14(17)20-12-5-1-10(2-6-12)9-11-3-7-13(8-4-11)21-15(18)19;/h1-8H,9H2,(H4,16,17,20)(H4,18,19,21);1H. The summed E-state index contributed by atoms with van der Waals surface area (Å²) in [6, 6.07) is 15.5. The summed E-state index contributed by atoms with van der Waals surface area (Å²) in [5, 5.41) is 0. The van der Waals surface area contributed by atoms with Crippen LogP contribution in [0.5, 0.6) is 0 Å². The Morgan fingerprint density at radius 3 is 1.23 bits per heavy atom. The summed E-state index contributed by atoms with van der Waals surface area (Å²) < 4.78 is 0. The lowest BCUT2D eigenvalue weighted by Gasteiger charge is -2.03. The average molecular weight is 319 g/mol. The normalized spacial score (nSPS) is 9.45. The number of nitrogens with two attached hydrogens (primary N) is 4. The van der Waals surface area contributed by atoms with E-state index < -0.39 is 0 Å². The first-order valence-corrected chi connectivity index (χ1v) is 6.40. The first-order valence-electron chi connectivity index (χ1n) is 6.40. The fourth-order valence-corrected chi connectivity index (χ4v) is 1.91. The van der Waals surface area contributed by atoms with Crippen LogP contribution >= 0.6 is 12.4 Å². The van der Waals surface area contributed by atoms with E-state index in [0.717, 1.165) is 17.8 Å². The van der Waals surface area contributed by atoms with Crippen molar-refractivity contribution in [3.05, 3.63) is 59.7 Å². The summed E-state index contributed by atoms with van der Waals surface area (Å²) in [5.74, 6) is 0.108. The number of guanidine groups is 2. The third-order valence-corrected chi connectivity index (χ3v) is 2.80. The van der Waals surface area contributed by atoms with Gasteiger partial charge >= 0.3 is 0 Å². The quantitative estimate of drug-likeness (QED) is 0.503. The number of hydrogen-bond acceptors (Lipinski definition) is 2. The van der Waals surface area contributed by atoms with Crippen LogP contribution in [0.3, 0.4) is 0 Å². The molecule has 0 amide bonds. The molecule has 0 aliphatic heterocycles. The van der Waals surface area contributed by atoms with Crippen molar-refractivity contribution in [2.24, 2.45) is 32.9 Å². The summed E-state index contributed by atoms with van der Waals surface area (Å²) in [6.07, 6.45) is 0.810. The maximum atomic E-state index is 5.33. The van der Waals surface area contributed by atoms with Crippen molar-refractivity contribution in [1.29, 1.82) is 0 Å². The number of hydrogen-bond donors (Lipinski definition) is 4. The highest BCUT2D eigenvalue weighted by Gasteiger charge is 1.98. The molecule has 0 aliphatic carbocycles. The van der Waals surface area contributed by atoms with E-state index in [4.69, 9.17) is 22.9 Å². The van der Waals surface area contributed by atoms with E-state index in [9.17, 15) is 0 Å². The van der Waals surface area contributed by atoms with Crippen LogP contribution in [0.4, 0.5) is 11.4 Å². The molecule has 0 unspecified atom stereocenters. The maximum absolute atomic E-state index is 5.33. The van der Waals surface area contributed by atoms with Crippen LogP contribution < -0.4 is 22.9 Å². The molecule has 7 heteroatoms. The zero-order valence-corrected chi connectivity index (χ0v) is 12.8. The molecular weight excluding hydrogens is 300 g/mol. The minimum atomic E-state index is 0. The van der Waals surface area contributed by atoms with Crippen molar-refractivity contribution < 1.29 is 0 Å². The zero-order valence-electron chi connectivity index (χ0n) is 11.9. The molecule has 0 atom stereocenters. The fraction of sp³-hybridized carbons (Fsp3) is 0.0667. The highest BCUT2D eigenvalue weighted by molar-refractivity contribution is 5.85. The molecule has 2 aromatic rings. The van der Waals surface area contributed by atoms with Gasteiger partial charge in [-0.25, -0.2) is 9.98 Å². The molecule has 0 saturated carbocycles. The van der Waals surface area contributed by atoms with Crippen LogP contribution in [0.25, 0.3) is 0 Å². The molecule has 0 heterocycles. The first-order chi connectivity index (χ1) is 10.0. The topological polar surface area (TPSA) is 129 Å². The summed E-state index contributed by atoms with van der Waals surface area (Å²) >= 11 is 0. The van der Waals surface area contributed by atoms with E-state index in [2.05, 4.69) is 9.98 Å². The molecule has 2 aromatic carbocycles. The Balaban J connectivity index is 0.00000242. The van der Waals surface area contributed by atoms with Gasteiger partial charge in [-0.2, -0.15) is 0 Å². The van der Waals surface area contributed by atoms with E-state index in [-0.39, 0.29) is 24.3 Å². The van der Waals surface area contributed by atoms with Crippen LogP contribution in [-0.4, -0.2) is 11.9 Å². The molecular formula is C15H19ClN6. The summed E-state index contributed by atoms with van der Waals surface area (Å²) in [5.41, 5.74) is 25.1. The van der Waals surface area contributed by atoms with Crippen LogP contribution in [-0.2, 0) is 6.42 Å². The third-order valence-electron chi connectivity index (χ3n) is 2.80. The van der Waals surface area contributed by atoms with Crippen molar-refractivity contribution in [2.45, 2.75) is 6.42 Å². The Kier molecular flexibility index (Phi) is 6.22. The Hall–Kier alpha value is -2.73. The average Bonchev–Trinajstić information content (AvgIpc) is 2.42. The maximum Gasteiger partial charge on any atom is 0.191 e. The molecule has 0 spiro atoms.